The zero-order chi connectivity index (χ0) is 18.4. The molecule has 1 aromatic carbocycles. The summed E-state index contributed by atoms with van der Waals surface area (Å²) in [4.78, 5) is 36.6. The zero-order valence-corrected chi connectivity index (χ0v) is 16.3. The highest BCUT2D eigenvalue weighted by Gasteiger charge is 2.34. The fraction of sp³-hybridized carbons (Fsp3) is 0.235. The van der Waals surface area contributed by atoms with Gasteiger partial charge in [-0.2, -0.15) is 0 Å². The van der Waals surface area contributed by atoms with Crippen molar-refractivity contribution >= 4 is 57.5 Å². The molecule has 1 aliphatic rings. The molecule has 0 spiro atoms. The van der Waals surface area contributed by atoms with E-state index in [1.807, 2.05) is 0 Å². The first kappa shape index (κ1) is 19.3. The molecule has 0 aliphatic carbocycles. The van der Waals surface area contributed by atoms with Gasteiger partial charge >= 0.3 is 5.97 Å². The van der Waals surface area contributed by atoms with E-state index in [1.54, 1.807) is 31.2 Å². The van der Waals surface area contributed by atoms with Crippen molar-refractivity contribution in [1.82, 2.24) is 4.90 Å². The molecular formula is C17H14INO5S. The second-order valence-corrected chi connectivity index (χ2v) is 6.91. The van der Waals surface area contributed by atoms with Crippen molar-refractivity contribution < 1.29 is 23.9 Å². The van der Waals surface area contributed by atoms with Gasteiger partial charge in [0.15, 0.2) is 6.61 Å². The number of benzene rings is 1. The van der Waals surface area contributed by atoms with E-state index in [9.17, 15) is 14.4 Å². The fourth-order valence-electron chi connectivity index (χ4n) is 1.94. The van der Waals surface area contributed by atoms with Crippen LogP contribution in [0.5, 0.6) is 5.75 Å². The number of amides is 2. The third-order valence-electron chi connectivity index (χ3n) is 3.03. The molecule has 2 amide bonds. The minimum atomic E-state index is -0.440. The van der Waals surface area contributed by atoms with Crippen molar-refractivity contribution in [3.8, 4) is 18.1 Å². The average Bonchev–Trinajstić information content (AvgIpc) is 2.82. The standard InChI is InChI=1S/C17H14INO5S/c1-3-7-19-16(21)14(25-17(19)22)9-11-5-6-13(12(18)8-11)24-10-15(20)23-4-2/h1,5-6,8-9H,4,7,10H2,2H3/b14-9+. The Kier molecular flexibility index (Phi) is 6.90. The summed E-state index contributed by atoms with van der Waals surface area (Å²) in [5.41, 5.74) is 0.735. The molecule has 0 bridgehead atoms. The number of thioether (sulfide) groups is 1. The Morgan fingerprint density at radius 3 is 2.84 bits per heavy atom. The number of carbonyl (C=O) groups is 3. The van der Waals surface area contributed by atoms with Crippen LogP contribution in [0.2, 0.25) is 0 Å². The molecule has 6 nitrogen and oxygen atoms in total. The van der Waals surface area contributed by atoms with Crippen molar-refractivity contribution in [2.45, 2.75) is 6.92 Å². The number of hydrogen-bond donors (Lipinski definition) is 0. The Balaban J connectivity index is 2.10. The maximum atomic E-state index is 12.1. The first-order valence-electron chi connectivity index (χ1n) is 7.23. The van der Waals surface area contributed by atoms with E-state index in [2.05, 4.69) is 28.5 Å². The van der Waals surface area contributed by atoms with E-state index >= 15 is 0 Å². The highest BCUT2D eigenvalue weighted by molar-refractivity contribution is 14.1. The van der Waals surface area contributed by atoms with E-state index in [-0.39, 0.29) is 18.4 Å². The monoisotopic (exact) mass is 471 g/mol. The van der Waals surface area contributed by atoms with Crippen LogP contribution in [0.25, 0.3) is 6.08 Å². The Hall–Kier alpha value is -1.99. The number of rotatable bonds is 6. The molecule has 0 aromatic heterocycles. The predicted molar refractivity (Wildman–Crippen MR) is 103 cm³/mol. The topological polar surface area (TPSA) is 72.9 Å². The lowest BCUT2D eigenvalue weighted by molar-refractivity contribution is -0.145. The van der Waals surface area contributed by atoms with E-state index in [1.165, 1.54) is 0 Å². The molecule has 0 unspecified atom stereocenters. The van der Waals surface area contributed by atoms with E-state index in [4.69, 9.17) is 15.9 Å². The minimum absolute atomic E-state index is 0.0415. The normalized spacial score (nSPS) is 15.4. The average molecular weight is 471 g/mol. The molecule has 0 radical (unpaired) electrons. The van der Waals surface area contributed by atoms with Gasteiger partial charge in [0.1, 0.15) is 5.75 Å². The molecule has 1 saturated heterocycles. The van der Waals surface area contributed by atoms with Gasteiger partial charge in [-0.25, -0.2) is 4.79 Å². The Morgan fingerprint density at radius 2 is 2.20 bits per heavy atom. The summed E-state index contributed by atoms with van der Waals surface area (Å²) < 4.78 is 11.0. The van der Waals surface area contributed by atoms with Gasteiger partial charge in [-0.15, -0.1) is 6.42 Å². The van der Waals surface area contributed by atoms with Gasteiger partial charge < -0.3 is 9.47 Å². The van der Waals surface area contributed by atoms with Crippen LogP contribution < -0.4 is 4.74 Å². The van der Waals surface area contributed by atoms with Crippen molar-refractivity contribution in [2.24, 2.45) is 0 Å². The predicted octanol–water partition coefficient (Wildman–Crippen LogP) is 2.90. The molecule has 25 heavy (non-hydrogen) atoms. The number of hydrogen-bond acceptors (Lipinski definition) is 6. The summed E-state index contributed by atoms with van der Waals surface area (Å²) >= 11 is 2.92. The van der Waals surface area contributed by atoms with Crippen LogP contribution in [-0.2, 0) is 14.3 Å². The quantitative estimate of drug-likeness (QED) is 0.275. The molecule has 1 fully saturated rings. The number of ether oxygens (including phenoxy) is 2. The molecule has 130 valence electrons. The maximum absolute atomic E-state index is 12.1. The largest absolute Gasteiger partial charge is 0.481 e. The maximum Gasteiger partial charge on any atom is 0.344 e. The summed E-state index contributed by atoms with van der Waals surface area (Å²) in [5.74, 6) is 1.99. The van der Waals surface area contributed by atoms with E-state index in [0.29, 0.717) is 17.3 Å². The smallest absolute Gasteiger partial charge is 0.344 e. The van der Waals surface area contributed by atoms with Crippen molar-refractivity contribution in [3.05, 3.63) is 32.2 Å². The molecule has 1 aliphatic heterocycles. The van der Waals surface area contributed by atoms with Crippen LogP contribution in [0, 0.1) is 15.9 Å². The number of halogens is 1. The number of esters is 1. The summed E-state index contributed by atoms with van der Waals surface area (Å²) in [6.45, 7) is 1.81. The third-order valence-corrected chi connectivity index (χ3v) is 4.78. The van der Waals surface area contributed by atoms with Crippen LogP contribution in [-0.4, -0.2) is 41.8 Å². The number of terminal acetylenes is 1. The van der Waals surface area contributed by atoms with E-state index in [0.717, 1.165) is 25.8 Å². The highest BCUT2D eigenvalue weighted by Crippen LogP contribution is 2.32. The van der Waals surface area contributed by atoms with Crippen LogP contribution in [0.15, 0.2) is 23.1 Å². The molecule has 0 atom stereocenters. The van der Waals surface area contributed by atoms with Gasteiger partial charge in [-0.3, -0.25) is 14.5 Å². The Bertz CT molecular complexity index is 784. The summed E-state index contributed by atoms with van der Waals surface area (Å²) in [6.07, 6.45) is 6.79. The fourth-order valence-corrected chi connectivity index (χ4v) is 3.48. The molecule has 8 heteroatoms. The first-order chi connectivity index (χ1) is 12.0. The number of carbonyl (C=O) groups excluding carboxylic acids is 3. The lowest BCUT2D eigenvalue weighted by atomic mass is 10.2. The van der Waals surface area contributed by atoms with E-state index < -0.39 is 11.9 Å². The summed E-state index contributed by atoms with van der Waals surface area (Å²) in [7, 11) is 0. The van der Waals surface area contributed by atoms with Crippen LogP contribution in [0.3, 0.4) is 0 Å². The molecule has 0 N–H and O–H groups in total. The zero-order valence-electron chi connectivity index (χ0n) is 13.3. The highest BCUT2D eigenvalue weighted by atomic mass is 127. The molecule has 1 heterocycles. The van der Waals surface area contributed by atoms with Gasteiger partial charge in [-0.1, -0.05) is 12.0 Å². The number of imide groups is 1. The van der Waals surface area contributed by atoms with Crippen molar-refractivity contribution in [2.75, 3.05) is 19.8 Å². The van der Waals surface area contributed by atoms with Gasteiger partial charge in [0.2, 0.25) is 0 Å². The molecule has 0 saturated carbocycles. The van der Waals surface area contributed by atoms with Gasteiger partial charge in [0, 0.05) is 0 Å². The van der Waals surface area contributed by atoms with Crippen molar-refractivity contribution in [1.29, 1.82) is 0 Å². The van der Waals surface area contributed by atoms with Crippen LogP contribution >= 0.6 is 34.4 Å². The van der Waals surface area contributed by atoms with Gasteiger partial charge in [0.05, 0.1) is 21.6 Å². The lowest BCUT2D eigenvalue weighted by Crippen LogP contribution is -2.28. The minimum Gasteiger partial charge on any atom is -0.481 e. The second kappa shape index (κ2) is 8.92. The summed E-state index contributed by atoms with van der Waals surface area (Å²) in [6, 6.07) is 5.21. The summed E-state index contributed by atoms with van der Waals surface area (Å²) in [5, 5.41) is -0.377. The second-order valence-electron chi connectivity index (χ2n) is 4.76. The molecule has 2 rings (SSSR count). The molecular weight excluding hydrogens is 457 g/mol. The number of nitrogens with zero attached hydrogens (tertiary/aromatic N) is 1. The van der Waals surface area contributed by atoms with Crippen molar-refractivity contribution in [3.63, 3.8) is 0 Å². The van der Waals surface area contributed by atoms with Gasteiger partial charge in [0.25, 0.3) is 11.1 Å². The van der Waals surface area contributed by atoms with Gasteiger partial charge in [-0.05, 0) is 65.0 Å². The Labute approximate surface area is 163 Å². The van der Waals surface area contributed by atoms with Crippen LogP contribution in [0.4, 0.5) is 4.79 Å². The lowest BCUT2D eigenvalue weighted by Gasteiger charge is -2.08. The third kappa shape index (κ3) is 4.99. The Morgan fingerprint density at radius 1 is 1.44 bits per heavy atom. The SMILES string of the molecule is C#CCN1C(=O)S/C(=C/c2ccc(OCC(=O)OCC)c(I)c2)C1=O. The first-order valence-corrected chi connectivity index (χ1v) is 9.12. The van der Waals surface area contributed by atoms with Crippen LogP contribution in [0.1, 0.15) is 12.5 Å². The molecule has 1 aromatic rings.